The Morgan fingerprint density at radius 2 is 1.86 bits per heavy atom. The van der Waals surface area contributed by atoms with Crippen LogP contribution in [0.2, 0.25) is 0 Å². The maximum Gasteiger partial charge on any atom is 0.182 e. The van der Waals surface area contributed by atoms with Gasteiger partial charge < -0.3 is 9.35 Å². The van der Waals surface area contributed by atoms with E-state index in [9.17, 15) is 0 Å². The van der Waals surface area contributed by atoms with E-state index >= 15 is 0 Å². The molecular weight excluding hydrogens is 319 g/mol. The van der Waals surface area contributed by atoms with Crippen molar-refractivity contribution in [3.8, 4) is 5.75 Å². The summed E-state index contributed by atoms with van der Waals surface area (Å²) in [5, 5.41) is 0. The van der Waals surface area contributed by atoms with Crippen molar-refractivity contribution in [2.24, 2.45) is 5.41 Å². The number of aromatic amines is 1. The molecule has 0 saturated carbocycles. The molecule has 1 heterocycles. The highest BCUT2D eigenvalue weighted by atomic mass is 31.1. The van der Waals surface area contributed by atoms with Gasteiger partial charge >= 0.3 is 0 Å². The van der Waals surface area contributed by atoms with Crippen LogP contribution in [0.4, 0.5) is 0 Å². The van der Waals surface area contributed by atoms with Gasteiger partial charge in [0.05, 0.1) is 8.51 Å². The highest BCUT2D eigenvalue weighted by Gasteiger charge is 2.27. The predicted molar refractivity (Wildman–Crippen MR) is 95.3 cm³/mol. The lowest BCUT2D eigenvalue weighted by atomic mass is 9.72. The second-order valence-electron chi connectivity index (χ2n) is 7.05. The van der Waals surface area contributed by atoms with Crippen LogP contribution < -0.4 is 4.84 Å². The lowest BCUT2D eigenvalue weighted by Crippen LogP contribution is -2.24. The zero-order valence-corrected chi connectivity index (χ0v) is 16.2. The fourth-order valence-corrected chi connectivity index (χ4v) is 5.77. The lowest BCUT2D eigenvalue weighted by Gasteiger charge is -2.33. The minimum Gasteiger partial charge on any atom is -0.366 e. The largest absolute Gasteiger partial charge is 0.366 e. The van der Waals surface area contributed by atoms with E-state index in [2.05, 4.69) is 67.9 Å². The van der Waals surface area contributed by atoms with Crippen molar-refractivity contribution in [3.05, 3.63) is 29.8 Å². The van der Waals surface area contributed by atoms with Crippen LogP contribution in [0.25, 0.3) is 0 Å². The van der Waals surface area contributed by atoms with Crippen LogP contribution in [0.3, 0.4) is 0 Å². The van der Waals surface area contributed by atoms with Gasteiger partial charge in [-0.1, -0.05) is 46.8 Å². The SMILES string of the molecule is CC(C)(C)CC(C)(C)c1ccc(On2pn[pH][nH][pH]2)cc1. The quantitative estimate of drug-likeness (QED) is 0.793. The average Bonchev–Trinajstić information content (AvgIpc) is 2.38. The smallest absolute Gasteiger partial charge is 0.182 e. The van der Waals surface area contributed by atoms with Gasteiger partial charge in [0, 0.05) is 8.51 Å². The molecule has 1 aromatic heterocycles. The third-order valence-electron chi connectivity index (χ3n) is 3.18. The van der Waals surface area contributed by atoms with E-state index in [4.69, 9.17) is 4.84 Å². The maximum atomic E-state index is 5.81. The molecule has 4 nitrogen and oxygen atoms in total. The molecule has 0 amide bonds. The summed E-state index contributed by atoms with van der Waals surface area (Å²) in [5.41, 5.74) is 1.84. The maximum absolute atomic E-state index is 5.81. The summed E-state index contributed by atoms with van der Waals surface area (Å²) in [6.07, 6.45) is 1.15. The Morgan fingerprint density at radius 3 is 2.38 bits per heavy atom. The minimum atomic E-state index is 0.167. The van der Waals surface area contributed by atoms with Crippen LogP contribution in [0.1, 0.15) is 46.6 Å². The molecule has 0 spiro atoms. The number of nitrogens with zero attached hydrogens (tertiary/aromatic N) is 2. The molecule has 0 saturated heterocycles. The molecule has 2 aromatic rings. The van der Waals surface area contributed by atoms with E-state index in [0.717, 1.165) is 20.7 Å². The van der Waals surface area contributed by atoms with Gasteiger partial charge in [-0.05, 0) is 34.9 Å². The first-order chi connectivity index (χ1) is 9.76. The molecule has 1 aromatic carbocycles. The van der Waals surface area contributed by atoms with Gasteiger partial charge in [-0.25, -0.2) is 0 Å². The molecule has 1 N–H and O–H groups in total. The summed E-state index contributed by atoms with van der Waals surface area (Å²) >= 11 is 0. The van der Waals surface area contributed by atoms with E-state index < -0.39 is 0 Å². The van der Waals surface area contributed by atoms with Gasteiger partial charge in [0.2, 0.25) is 0 Å². The van der Waals surface area contributed by atoms with Crippen molar-refractivity contribution < 1.29 is 4.84 Å². The highest BCUT2D eigenvalue weighted by Crippen LogP contribution is 2.36. The average molecular weight is 343 g/mol. The number of aromatic nitrogens is 3. The van der Waals surface area contributed by atoms with Crippen LogP contribution in [-0.2, 0) is 5.41 Å². The third-order valence-corrected chi connectivity index (χ3v) is 5.93. The monoisotopic (exact) mass is 343 g/mol. The zero-order chi connectivity index (χ0) is 15.5. The Bertz CT molecular complexity index is 583. The number of H-pyrrole nitrogens is 1. The topological polar surface area (TPSA) is 42.8 Å². The van der Waals surface area contributed by atoms with Crippen molar-refractivity contribution in [2.75, 3.05) is 0 Å². The lowest BCUT2D eigenvalue weighted by molar-refractivity contribution is 0.274. The normalized spacial score (nSPS) is 13.4. The number of nitrogens with one attached hydrogen (secondary N) is 1. The number of hydrogen-bond acceptors (Lipinski definition) is 2. The molecule has 0 fully saturated rings. The van der Waals surface area contributed by atoms with E-state index in [-0.39, 0.29) is 5.41 Å². The molecule has 0 aliphatic carbocycles. The van der Waals surface area contributed by atoms with Gasteiger partial charge in [0.15, 0.2) is 14.3 Å². The summed E-state index contributed by atoms with van der Waals surface area (Å²) in [4.78, 5) is 5.81. The third kappa shape index (κ3) is 5.22. The highest BCUT2D eigenvalue weighted by molar-refractivity contribution is 7.44. The Balaban J connectivity index is 2.12. The van der Waals surface area contributed by atoms with E-state index in [1.807, 2.05) is 4.26 Å². The molecule has 0 aliphatic heterocycles. The molecule has 2 unspecified atom stereocenters. The predicted octanol–water partition coefficient (Wildman–Crippen LogP) is 5.53. The molecule has 0 bridgehead atoms. The van der Waals surface area contributed by atoms with E-state index in [1.54, 1.807) is 0 Å². The minimum absolute atomic E-state index is 0.167. The molecule has 0 radical (unpaired) electrons. The van der Waals surface area contributed by atoms with Crippen LogP contribution in [0, 0.1) is 5.41 Å². The molecular formula is C14H24N3OP3. The first-order valence-corrected chi connectivity index (χ1v) is 9.71. The standard InChI is InChI=1S/C14H24N3OP3/c1-13(2,3)10-14(4,5)11-6-8-12(9-7-11)18-17-20-15-19-16-21-17/h6-9,15,19-20H,10H2,1-5H3. The van der Waals surface area contributed by atoms with Crippen molar-refractivity contribution in [2.45, 2.75) is 46.5 Å². The first-order valence-electron chi connectivity index (χ1n) is 7.01. The summed E-state index contributed by atoms with van der Waals surface area (Å²) in [5.74, 6) is 0.868. The first kappa shape index (κ1) is 16.7. The van der Waals surface area contributed by atoms with Crippen molar-refractivity contribution in [1.29, 1.82) is 0 Å². The van der Waals surface area contributed by atoms with Crippen molar-refractivity contribution in [1.82, 2.24) is 13.3 Å². The molecule has 7 heteroatoms. The van der Waals surface area contributed by atoms with Crippen LogP contribution in [-0.4, -0.2) is 13.3 Å². The van der Waals surface area contributed by atoms with E-state index in [1.165, 1.54) is 5.56 Å². The van der Waals surface area contributed by atoms with E-state index in [0.29, 0.717) is 22.4 Å². The van der Waals surface area contributed by atoms with Crippen LogP contribution in [0.5, 0.6) is 5.75 Å². The fourth-order valence-electron chi connectivity index (χ4n) is 2.72. The van der Waals surface area contributed by atoms with Gasteiger partial charge in [-0.2, -0.15) is 4.51 Å². The number of rotatable bonds is 4. The van der Waals surface area contributed by atoms with Crippen LogP contribution in [0.15, 0.2) is 24.3 Å². The van der Waals surface area contributed by atoms with Gasteiger partial charge in [-0.15, -0.1) is 4.26 Å². The van der Waals surface area contributed by atoms with Crippen LogP contribution >= 0.6 is 25.5 Å². The molecule has 116 valence electrons. The second-order valence-corrected chi connectivity index (χ2v) is 10.6. The molecule has 21 heavy (non-hydrogen) atoms. The van der Waals surface area contributed by atoms with Crippen molar-refractivity contribution in [3.63, 3.8) is 0 Å². The zero-order valence-electron chi connectivity index (χ0n) is 13.3. The number of hydrogen-bond donors (Lipinski definition) is 1. The summed E-state index contributed by atoms with van der Waals surface area (Å²) in [7, 11) is 1.84. The molecule has 0 aliphatic rings. The van der Waals surface area contributed by atoms with Gasteiger partial charge in [0.25, 0.3) is 0 Å². The van der Waals surface area contributed by atoms with Gasteiger partial charge in [-0.3, -0.25) is 0 Å². The van der Waals surface area contributed by atoms with Crippen molar-refractivity contribution >= 4 is 25.5 Å². The number of benzene rings is 1. The summed E-state index contributed by atoms with van der Waals surface area (Å²) < 4.78 is 9.27. The molecule has 2 atom stereocenters. The molecule has 2 rings (SSSR count). The second kappa shape index (κ2) is 6.61. The summed E-state index contributed by atoms with van der Waals surface area (Å²) in [6.45, 7) is 11.5. The Morgan fingerprint density at radius 1 is 1.19 bits per heavy atom. The van der Waals surface area contributed by atoms with Gasteiger partial charge in [0.1, 0.15) is 0 Å². The Labute approximate surface area is 131 Å². The fraction of sp³-hybridized carbons (Fsp3) is 0.571. The Hall–Kier alpha value is -0.680. The summed E-state index contributed by atoms with van der Waals surface area (Å²) in [6, 6.07) is 8.46. The Kier molecular flexibility index (Phi) is 5.25.